The molecule has 4 fully saturated rings. The van der Waals surface area contributed by atoms with Crippen molar-refractivity contribution in [2.75, 3.05) is 46.9 Å². The Kier molecular flexibility index (Phi) is 8.90. The van der Waals surface area contributed by atoms with Gasteiger partial charge in [0.1, 0.15) is 5.75 Å². The first-order chi connectivity index (χ1) is 20.4. The minimum absolute atomic E-state index is 0.0817. The Balaban J connectivity index is 1.21. The third-order valence-electron chi connectivity index (χ3n) is 11.0. The lowest BCUT2D eigenvalue weighted by Gasteiger charge is -2.56. The highest BCUT2D eigenvalue weighted by Gasteiger charge is 2.50. The molecule has 1 saturated carbocycles. The van der Waals surface area contributed by atoms with Gasteiger partial charge in [0, 0.05) is 37.6 Å². The van der Waals surface area contributed by atoms with E-state index >= 15 is 0 Å². The van der Waals surface area contributed by atoms with Crippen LogP contribution in [0.25, 0.3) is 0 Å². The summed E-state index contributed by atoms with van der Waals surface area (Å²) in [5.74, 6) is 1.38. The zero-order valence-electron chi connectivity index (χ0n) is 25.4. The molecule has 2 aliphatic carbocycles. The number of amides is 1. The topological polar surface area (TPSA) is 93.1 Å². The van der Waals surface area contributed by atoms with Crippen molar-refractivity contribution in [3.05, 3.63) is 42.0 Å². The number of rotatable bonds is 7. The number of methoxy groups -OCH3 is 1. The average molecular weight is 577 g/mol. The fourth-order valence-electron chi connectivity index (χ4n) is 8.69. The maximum Gasteiger partial charge on any atom is 0.246 e. The van der Waals surface area contributed by atoms with Gasteiger partial charge in [-0.15, -0.1) is 0 Å². The van der Waals surface area contributed by atoms with E-state index in [0.29, 0.717) is 44.1 Å². The highest BCUT2D eigenvalue weighted by molar-refractivity contribution is 5.87. The summed E-state index contributed by atoms with van der Waals surface area (Å²) in [7, 11) is 3.98. The second-order valence-electron chi connectivity index (χ2n) is 13.3. The van der Waals surface area contributed by atoms with Gasteiger partial charge in [0.15, 0.2) is 6.35 Å². The quantitative estimate of drug-likeness (QED) is 0.479. The van der Waals surface area contributed by atoms with Gasteiger partial charge in [0.2, 0.25) is 5.91 Å². The van der Waals surface area contributed by atoms with Gasteiger partial charge in [-0.3, -0.25) is 20.3 Å². The summed E-state index contributed by atoms with van der Waals surface area (Å²) in [6.45, 7) is 7.61. The predicted molar refractivity (Wildman–Crippen MR) is 162 cm³/mol. The SMILES string of the molecule is C=CC(=O)N1CCN(C2NC(OCC3CCCN3C)NC3CC4(CCc5c(cccc5OC)C4)CCC32)CC1CC#N. The molecule has 1 aromatic rings. The molecule has 9 heteroatoms. The van der Waals surface area contributed by atoms with Crippen molar-refractivity contribution in [3.8, 4) is 11.8 Å². The smallest absolute Gasteiger partial charge is 0.246 e. The standard InChI is InChI=1S/C33H48N6O3/c1-4-30(40)39-18-17-38(21-24(39)12-15-34)31-27-11-14-33(13-10-26-23(19-33)7-5-9-29(26)41-3)20-28(27)35-32(36-31)42-22-25-8-6-16-37(25)2/h4-5,7,9,24-25,27-28,31-32,35-36H,1,6,8,10-14,16-22H2,2-3H3. The van der Waals surface area contributed by atoms with E-state index in [1.54, 1.807) is 7.11 Å². The molecule has 2 N–H and O–H groups in total. The number of hydrogen-bond acceptors (Lipinski definition) is 8. The van der Waals surface area contributed by atoms with E-state index in [1.807, 2.05) is 4.90 Å². The summed E-state index contributed by atoms with van der Waals surface area (Å²) in [5, 5.41) is 17.3. The third kappa shape index (κ3) is 5.85. The zero-order valence-corrected chi connectivity index (χ0v) is 25.4. The van der Waals surface area contributed by atoms with Crippen LogP contribution < -0.4 is 15.4 Å². The summed E-state index contributed by atoms with van der Waals surface area (Å²) in [6, 6.07) is 9.52. The van der Waals surface area contributed by atoms with Crippen LogP contribution in [0.1, 0.15) is 56.1 Å². The van der Waals surface area contributed by atoms with E-state index in [-0.39, 0.29) is 29.9 Å². The molecule has 7 unspecified atom stereocenters. The Hall–Kier alpha value is -2.48. The van der Waals surface area contributed by atoms with Crippen LogP contribution in [0.5, 0.6) is 5.75 Å². The molecule has 3 heterocycles. The Morgan fingerprint density at radius 1 is 1.21 bits per heavy atom. The van der Waals surface area contributed by atoms with Crippen LogP contribution in [-0.2, 0) is 22.4 Å². The number of fused-ring (bicyclic) bond motifs is 2. The van der Waals surface area contributed by atoms with Crippen molar-refractivity contribution in [1.29, 1.82) is 5.26 Å². The van der Waals surface area contributed by atoms with Gasteiger partial charge in [0.05, 0.1) is 38.4 Å². The molecule has 0 aromatic heterocycles. The Labute approximate surface area is 251 Å². The highest BCUT2D eigenvalue weighted by atomic mass is 16.5. The molecule has 9 nitrogen and oxygen atoms in total. The lowest BCUT2D eigenvalue weighted by molar-refractivity contribution is -0.137. The molecule has 3 saturated heterocycles. The molecular formula is C33H48N6O3. The van der Waals surface area contributed by atoms with Gasteiger partial charge in [-0.1, -0.05) is 18.7 Å². The maximum absolute atomic E-state index is 12.6. The number of nitriles is 1. The second-order valence-corrected chi connectivity index (χ2v) is 13.3. The van der Waals surface area contributed by atoms with Crippen LogP contribution in [0, 0.1) is 22.7 Å². The number of nitrogens with one attached hydrogen (secondary N) is 2. The second kappa shape index (κ2) is 12.6. The van der Waals surface area contributed by atoms with E-state index in [4.69, 9.17) is 9.47 Å². The largest absolute Gasteiger partial charge is 0.496 e. The summed E-state index contributed by atoms with van der Waals surface area (Å²) >= 11 is 0. The minimum Gasteiger partial charge on any atom is -0.496 e. The number of likely N-dealkylation sites (tertiary alicyclic amines) is 1. The van der Waals surface area contributed by atoms with Crippen molar-refractivity contribution < 1.29 is 14.3 Å². The summed E-state index contributed by atoms with van der Waals surface area (Å²) in [5.41, 5.74) is 3.12. The van der Waals surface area contributed by atoms with Crippen LogP contribution in [0.3, 0.4) is 0 Å². The van der Waals surface area contributed by atoms with E-state index in [1.165, 1.54) is 42.9 Å². The van der Waals surface area contributed by atoms with Crippen molar-refractivity contribution >= 4 is 5.91 Å². The van der Waals surface area contributed by atoms with Crippen LogP contribution in [0.15, 0.2) is 30.9 Å². The maximum atomic E-state index is 12.6. The molecule has 0 bridgehead atoms. The normalized spacial score (nSPS) is 35.3. The molecule has 42 heavy (non-hydrogen) atoms. The van der Waals surface area contributed by atoms with Gasteiger partial charge in [-0.25, -0.2) is 0 Å². The molecule has 1 amide bonds. The Morgan fingerprint density at radius 3 is 2.86 bits per heavy atom. The van der Waals surface area contributed by atoms with E-state index in [2.05, 4.69) is 58.3 Å². The molecule has 5 aliphatic rings. The van der Waals surface area contributed by atoms with Gasteiger partial charge in [-0.2, -0.15) is 5.26 Å². The molecule has 6 rings (SSSR count). The minimum atomic E-state index is -0.223. The first kappa shape index (κ1) is 29.6. The Morgan fingerprint density at radius 2 is 2.10 bits per heavy atom. The number of carbonyl (C=O) groups is 1. The van der Waals surface area contributed by atoms with Gasteiger partial charge in [-0.05, 0) is 93.6 Å². The number of ether oxygens (including phenoxy) is 2. The van der Waals surface area contributed by atoms with Crippen LogP contribution in [0.2, 0.25) is 0 Å². The number of piperazine rings is 1. The molecule has 1 aromatic carbocycles. The average Bonchev–Trinajstić information content (AvgIpc) is 3.43. The van der Waals surface area contributed by atoms with Gasteiger partial charge < -0.3 is 19.3 Å². The van der Waals surface area contributed by atoms with E-state index < -0.39 is 0 Å². The summed E-state index contributed by atoms with van der Waals surface area (Å²) in [4.78, 5) is 19.3. The Bertz CT molecular complexity index is 1190. The number of nitrogens with zero attached hydrogens (tertiary/aromatic N) is 4. The number of benzene rings is 1. The van der Waals surface area contributed by atoms with E-state index in [9.17, 15) is 10.1 Å². The fourth-order valence-corrected chi connectivity index (χ4v) is 8.69. The first-order valence-corrected chi connectivity index (χ1v) is 16.0. The highest BCUT2D eigenvalue weighted by Crippen LogP contribution is 2.50. The van der Waals surface area contributed by atoms with Crippen molar-refractivity contribution in [2.24, 2.45) is 11.3 Å². The predicted octanol–water partition coefficient (Wildman–Crippen LogP) is 2.86. The van der Waals surface area contributed by atoms with Crippen LogP contribution in [-0.4, -0.2) is 98.2 Å². The zero-order chi connectivity index (χ0) is 29.3. The van der Waals surface area contributed by atoms with Crippen molar-refractivity contribution in [2.45, 2.75) is 88.4 Å². The van der Waals surface area contributed by atoms with Crippen LogP contribution >= 0.6 is 0 Å². The summed E-state index contributed by atoms with van der Waals surface area (Å²) in [6.07, 6.45) is 10.9. The molecule has 228 valence electrons. The monoisotopic (exact) mass is 576 g/mol. The van der Waals surface area contributed by atoms with Crippen molar-refractivity contribution in [3.63, 3.8) is 0 Å². The lowest BCUT2D eigenvalue weighted by Crippen LogP contribution is -2.72. The lowest BCUT2D eigenvalue weighted by atomic mass is 9.59. The van der Waals surface area contributed by atoms with Crippen molar-refractivity contribution in [1.82, 2.24) is 25.3 Å². The molecular weight excluding hydrogens is 528 g/mol. The summed E-state index contributed by atoms with van der Waals surface area (Å²) < 4.78 is 12.3. The number of hydrogen-bond donors (Lipinski definition) is 2. The molecule has 7 atom stereocenters. The van der Waals surface area contributed by atoms with Crippen LogP contribution in [0.4, 0.5) is 0 Å². The number of carbonyl (C=O) groups excluding carboxylic acids is 1. The fraction of sp³-hybridized carbons (Fsp3) is 0.697. The molecule has 3 aliphatic heterocycles. The first-order valence-electron chi connectivity index (χ1n) is 16.0. The third-order valence-corrected chi connectivity index (χ3v) is 11.0. The van der Waals surface area contributed by atoms with Gasteiger partial charge in [0.25, 0.3) is 0 Å². The number of likely N-dealkylation sites (N-methyl/N-ethyl adjacent to an activating group) is 1. The van der Waals surface area contributed by atoms with Gasteiger partial charge >= 0.3 is 0 Å². The molecule has 0 radical (unpaired) electrons. The van der Waals surface area contributed by atoms with E-state index in [0.717, 1.165) is 44.5 Å². The molecule has 1 spiro atoms.